The number of rotatable bonds is 5. The molecule has 19 heavy (non-hydrogen) atoms. The van der Waals surface area contributed by atoms with E-state index in [9.17, 15) is 4.79 Å². The van der Waals surface area contributed by atoms with E-state index in [1.165, 1.54) is 5.56 Å². The second-order valence-electron chi connectivity index (χ2n) is 4.38. The Morgan fingerprint density at radius 3 is 2.26 bits per heavy atom. The predicted octanol–water partition coefficient (Wildman–Crippen LogP) is 3.41. The third-order valence-electron chi connectivity index (χ3n) is 3.02. The summed E-state index contributed by atoms with van der Waals surface area (Å²) in [6.07, 6.45) is 0. The minimum atomic E-state index is -0.921. The van der Waals surface area contributed by atoms with E-state index in [0.717, 1.165) is 5.56 Å². The van der Waals surface area contributed by atoms with Gasteiger partial charge >= 0.3 is 5.97 Å². The second-order valence-corrected chi connectivity index (χ2v) is 4.38. The molecule has 2 rings (SSSR count). The van der Waals surface area contributed by atoms with Crippen LogP contribution >= 0.6 is 0 Å². The molecule has 98 valence electrons. The van der Waals surface area contributed by atoms with E-state index in [0.29, 0.717) is 24.3 Å². The highest BCUT2D eigenvalue weighted by atomic mass is 16.5. The van der Waals surface area contributed by atoms with E-state index >= 15 is 0 Å². The largest absolute Gasteiger partial charge is 0.478 e. The van der Waals surface area contributed by atoms with Gasteiger partial charge in [0.15, 0.2) is 0 Å². The number of benzene rings is 2. The maximum absolute atomic E-state index is 11.1. The number of carboxylic acid groups (broad SMARTS) is 1. The predicted molar refractivity (Wildman–Crippen MR) is 73.1 cm³/mol. The van der Waals surface area contributed by atoms with Crippen molar-refractivity contribution < 1.29 is 14.6 Å². The highest BCUT2D eigenvalue weighted by molar-refractivity contribution is 5.89. The molecule has 0 heterocycles. The number of ether oxygens (including phenoxy) is 1. The van der Waals surface area contributed by atoms with Gasteiger partial charge in [0.2, 0.25) is 0 Å². The van der Waals surface area contributed by atoms with Crippen LogP contribution in [-0.2, 0) is 18.0 Å². The molecule has 0 spiro atoms. The fraction of sp³-hybridized carbons (Fsp3) is 0.188. The van der Waals surface area contributed by atoms with Crippen LogP contribution in [0.1, 0.15) is 27.0 Å². The first-order valence-electron chi connectivity index (χ1n) is 6.12. The molecule has 0 saturated carbocycles. The minimum Gasteiger partial charge on any atom is -0.478 e. The monoisotopic (exact) mass is 256 g/mol. The van der Waals surface area contributed by atoms with Crippen LogP contribution in [0.5, 0.6) is 0 Å². The molecule has 0 fully saturated rings. The lowest BCUT2D eigenvalue weighted by atomic mass is 10.1. The molecular formula is C16H16O3. The Kier molecular flexibility index (Phi) is 4.31. The van der Waals surface area contributed by atoms with Crippen molar-refractivity contribution in [3.8, 4) is 0 Å². The van der Waals surface area contributed by atoms with Gasteiger partial charge in [-0.15, -0.1) is 0 Å². The molecule has 2 aromatic carbocycles. The summed E-state index contributed by atoms with van der Waals surface area (Å²) in [4.78, 5) is 11.1. The van der Waals surface area contributed by atoms with Gasteiger partial charge in [0, 0.05) is 0 Å². The summed E-state index contributed by atoms with van der Waals surface area (Å²) in [5, 5.41) is 9.07. The van der Waals surface area contributed by atoms with Gasteiger partial charge in [-0.05, 0) is 29.7 Å². The number of aryl methyl sites for hydroxylation is 1. The van der Waals surface area contributed by atoms with E-state index in [2.05, 4.69) is 0 Å². The minimum absolute atomic E-state index is 0.298. The van der Waals surface area contributed by atoms with Gasteiger partial charge in [0.05, 0.1) is 18.8 Å². The van der Waals surface area contributed by atoms with Crippen LogP contribution in [0.2, 0.25) is 0 Å². The van der Waals surface area contributed by atoms with E-state index in [1.54, 1.807) is 18.2 Å². The van der Waals surface area contributed by atoms with Crippen molar-refractivity contribution in [1.29, 1.82) is 0 Å². The van der Waals surface area contributed by atoms with E-state index in [-0.39, 0.29) is 0 Å². The fourth-order valence-corrected chi connectivity index (χ4v) is 1.90. The van der Waals surface area contributed by atoms with E-state index in [1.807, 2.05) is 37.3 Å². The van der Waals surface area contributed by atoms with Crippen molar-refractivity contribution in [3.05, 3.63) is 70.8 Å². The lowest BCUT2D eigenvalue weighted by Gasteiger charge is -2.09. The van der Waals surface area contributed by atoms with Gasteiger partial charge in [-0.2, -0.15) is 0 Å². The molecule has 1 N–H and O–H groups in total. The molecule has 0 aromatic heterocycles. The zero-order chi connectivity index (χ0) is 13.7. The lowest BCUT2D eigenvalue weighted by molar-refractivity contribution is 0.0684. The number of carbonyl (C=O) groups is 1. The number of hydrogen-bond acceptors (Lipinski definition) is 2. The Bertz CT molecular complexity index is 576. The average molecular weight is 256 g/mol. The Labute approximate surface area is 112 Å². The zero-order valence-corrected chi connectivity index (χ0v) is 10.8. The van der Waals surface area contributed by atoms with Gasteiger partial charge in [0.1, 0.15) is 0 Å². The molecule has 0 atom stereocenters. The van der Waals surface area contributed by atoms with Gasteiger partial charge in [-0.1, -0.05) is 42.5 Å². The van der Waals surface area contributed by atoms with Crippen molar-refractivity contribution in [2.75, 3.05) is 0 Å². The Hall–Kier alpha value is -2.13. The topological polar surface area (TPSA) is 46.5 Å². The highest BCUT2D eigenvalue weighted by Gasteiger charge is 2.08. The normalized spacial score (nSPS) is 10.4. The molecule has 0 aliphatic heterocycles. The Balaban J connectivity index is 2.00. The van der Waals surface area contributed by atoms with Crippen molar-refractivity contribution in [1.82, 2.24) is 0 Å². The SMILES string of the molecule is Cc1ccccc1COCc1ccccc1C(=O)O. The van der Waals surface area contributed by atoms with Crippen LogP contribution in [0, 0.1) is 6.92 Å². The van der Waals surface area contributed by atoms with Crippen molar-refractivity contribution in [2.45, 2.75) is 20.1 Å². The molecule has 0 saturated heterocycles. The number of hydrogen-bond donors (Lipinski definition) is 1. The van der Waals surface area contributed by atoms with Gasteiger partial charge in [-0.25, -0.2) is 4.79 Å². The van der Waals surface area contributed by atoms with Gasteiger partial charge in [0.25, 0.3) is 0 Å². The molecule has 3 nitrogen and oxygen atoms in total. The molecule has 0 radical (unpaired) electrons. The summed E-state index contributed by atoms with van der Waals surface area (Å²) in [6.45, 7) is 2.82. The van der Waals surface area contributed by atoms with Crippen LogP contribution in [0.15, 0.2) is 48.5 Å². The van der Waals surface area contributed by atoms with E-state index < -0.39 is 5.97 Å². The molecule has 0 unspecified atom stereocenters. The van der Waals surface area contributed by atoms with E-state index in [4.69, 9.17) is 9.84 Å². The molecule has 0 aliphatic rings. The first kappa shape index (κ1) is 13.3. The third kappa shape index (κ3) is 3.42. The van der Waals surface area contributed by atoms with Crippen LogP contribution in [-0.4, -0.2) is 11.1 Å². The summed E-state index contributed by atoms with van der Waals surface area (Å²) >= 11 is 0. The summed E-state index contributed by atoms with van der Waals surface area (Å²) < 4.78 is 5.61. The standard InChI is InChI=1S/C16H16O3/c1-12-6-2-3-7-13(12)10-19-11-14-8-4-5-9-15(14)16(17)18/h2-9H,10-11H2,1H3,(H,17,18). The summed E-state index contributed by atoms with van der Waals surface area (Å²) in [7, 11) is 0. The third-order valence-corrected chi connectivity index (χ3v) is 3.02. The molecular weight excluding hydrogens is 240 g/mol. The van der Waals surface area contributed by atoms with Gasteiger partial charge < -0.3 is 9.84 Å². The first-order valence-corrected chi connectivity index (χ1v) is 6.12. The second kappa shape index (κ2) is 6.16. The van der Waals surface area contributed by atoms with Crippen LogP contribution in [0.4, 0.5) is 0 Å². The fourth-order valence-electron chi connectivity index (χ4n) is 1.90. The van der Waals surface area contributed by atoms with Crippen LogP contribution in [0.3, 0.4) is 0 Å². The molecule has 0 aliphatic carbocycles. The van der Waals surface area contributed by atoms with Crippen LogP contribution in [0.25, 0.3) is 0 Å². The summed E-state index contributed by atoms with van der Waals surface area (Å²) in [5.41, 5.74) is 3.29. The molecule has 3 heteroatoms. The Morgan fingerprint density at radius 2 is 1.58 bits per heavy atom. The van der Waals surface area contributed by atoms with Gasteiger partial charge in [-0.3, -0.25) is 0 Å². The molecule has 2 aromatic rings. The zero-order valence-electron chi connectivity index (χ0n) is 10.8. The lowest BCUT2D eigenvalue weighted by Crippen LogP contribution is -2.04. The molecule has 0 bridgehead atoms. The van der Waals surface area contributed by atoms with Crippen molar-refractivity contribution in [2.24, 2.45) is 0 Å². The summed E-state index contributed by atoms with van der Waals surface area (Å²) in [6, 6.07) is 14.9. The number of aromatic carboxylic acids is 1. The maximum Gasteiger partial charge on any atom is 0.336 e. The first-order chi connectivity index (χ1) is 9.18. The maximum atomic E-state index is 11.1. The quantitative estimate of drug-likeness (QED) is 0.891. The number of carboxylic acids is 1. The van der Waals surface area contributed by atoms with Crippen molar-refractivity contribution >= 4 is 5.97 Å². The Morgan fingerprint density at radius 1 is 1.00 bits per heavy atom. The summed E-state index contributed by atoms with van der Waals surface area (Å²) in [5.74, 6) is -0.921. The van der Waals surface area contributed by atoms with Crippen molar-refractivity contribution in [3.63, 3.8) is 0 Å². The molecule has 0 amide bonds. The van der Waals surface area contributed by atoms with Crippen LogP contribution < -0.4 is 0 Å². The average Bonchev–Trinajstić information content (AvgIpc) is 2.41. The smallest absolute Gasteiger partial charge is 0.336 e. The highest BCUT2D eigenvalue weighted by Crippen LogP contribution is 2.13.